The van der Waals surface area contributed by atoms with Gasteiger partial charge in [-0.25, -0.2) is 4.79 Å². The Bertz CT molecular complexity index is 425. The maximum atomic E-state index is 12.1. The molecule has 1 aliphatic carbocycles. The highest BCUT2D eigenvalue weighted by Gasteiger charge is 2.18. The third-order valence-electron chi connectivity index (χ3n) is 4.13. The van der Waals surface area contributed by atoms with Gasteiger partial charge in [0, 0.05) is 30.9 Å². The molecule has 1 aliphatic rings. The Kier molecular flexibility index (Phi) is 11.8. The van der Waals surface area contributed by atoms with Gasteiger partial charge in [-0.3, -0.25) is 9.59 Å². The van der Waals surface area contributed by atoms with Crippen molar-refractivity contribution in [3.05, 3.63) is 0 Å². The predicted molar refractivity (Wildman–Crippen MR) is 104 cm³/mol. The van der Waals surface area contributed by atoms with Crippen molar-refractivity contribution in [2.75, 3.05) is 11.5 Å². The van der Waals surface area contributed by atoms with Crippen LogP contribution in [0.5, 0.6) is 0 Å². The second kappa shape index (κ2) is 13.3. The van der Waals surface area contributed by atoms with Crippen LogP contribution in [0.3, 0.4) is 0 Å². The number of aliphatic carboxylic acids is 1. The molecular formula is C17H30N2O4S2. The molecule has 1 atom stereocenters. The smallest absolute Gasteiger partial charge is 0.327 e. The summed E-state index contributed by atoms with van der Waals surface area (Å²) in [5.41, 5.74) is 0. The average molecular weight is 391 g/mol. The Hall–Kier alpha value is -0.890. The molecule has 6 nitrogen and oxygen atoms in total. The first-order valence-electron chi connectivity index (χ1n) is 9.02. The van der Waals surface area contributed by atoms with Crippen molar-refractivity contribution in [1.29, 1.82) is 0 Å². The molecule has 0 radical (unpaired) electrons. The number of carboxylic acid groups (broad SMARTS) is 1. The molecule has 0 bridgehead atoms. The molecule has 0 spiro atoms. The Labute approximate surface area is 158 Å². The molecule has 144 valence electrons. The third kappa shape index (κ3) is 11.4. The fraction of sp³-hybridized carbons (Fsp3) is 0.824. The molecule has 0 heterocycles. The van der Waals surface area contributed by atoms with E-state index in [0.717, 1.165) is 12.8 Å². The zero-order chi connectivity index (χ0) is 18.5. The van der Waals surface area contributed by atoms with Crippen LogP contribution in [0.15, 0.2) is 0 Å². The van der Waals surface area contributed by atoms with Crippen molar-refractivity contribution < 1.29 is 19.5 Å². The normalized spacial score (nSPS) is 17.6. The molecule has 0 aromatic carbocycles. The zero-order valence-corrected chi connectivity index (χ0v) is 16.6. The highest BCUT2D eigenvalue weighted by Crippen LogP contribution is 2.23. The Morgan fingerprint density at radius 3 is 2.20 bits per heavy atom. The lowest BCUT2D eigenvalue weighted by Crippen LogP contribution is -2.41. The number of carbonyl (C=O) groups is 3. The SMILES string of the molecule is CC(=O)NC(CSSCCC(=O)NC1CCCCCCCC1)C(=O)O. The highest BCUT2D eigenvalue weighted by molar-refractivity contribution is 8.76. The first-order valence-corrected chi connectivity index (χ1v) is 11.5. The van der Waals surface area contributed by atoms with Crippen LogP contribution in [-0.4, -0.2) is 46.5 Å². The van der Waals surface area contributed by atoms with Gasteiger partial charge in [0.05, 0.1) is 0 Å². The van der Waals surface area contributed by atoms with Gasteiger partial charge >= 0.3 is 5.97 Å². The van der Waals surface area contributed by atoms with Gasteiger partial charge in [-0.2, -0.15) is 0 Å². The first kappa shape index (κ1) is 22.2. The molecule has 0 aromatic rings. The molecule has 1 unspecified atom stereocenters. The van der Waals surface area contributed by atoms with E-state index in [-0.39, 0.29) is 17.6 Å². The maximum Gasteiger partial charge on any atom is 0.327 e. The average Bonchev–Trinajstić information content (AvgIpc) is 2.67. The van der Waals surface area contributed by atoms with Crippen molar-refractivity contribution in [1.82, 2.24) is 10.6 Å². The van der Waals surface area contributed by atoms with Crippen LogP contribution >= 0.6 is 21.6 Å². The highest BCUT2D eigenvalue weighted by atomic mass is 33.1. The van der Waals surface area contributed by atoms with Crippen LogP contribution in [0.2, 0.25) is 0 Å². The quantitative estimate of drug-likeness (QED) is 0.414. The summed E-state index contributed by atoms with van der Waals surface area (Å²) in [7, 11) is 2.84. The number of hydrogen-bond donors (Lipinski definition) is 3. The van der Waals surface area contributed by atoms with Crippen LogP contribution in [-0.2, 0) is 14.4 Å². The number of carbonyl (C=O) groups excluding carboxylic acids is 2. The van der Waals surface area contributed by atoms with E-state index in [2.05, 4.69) is 10.6 Å². The van der Waals surface area contributed by atoms with Gasteiger partial charge in [0.1, 0.15) is 6.04 Å². The summed E-state index contributed by atoms with van der Waals surface area (Å²) in [6, 6.07) is -0.581. The minimum absolute atomic E-state index is 0.0778. The lowest BCUT2D eigenvalue weighted by Gasteiger charge is -2.18. The summed E-state index contributed by atoms with van der Waals surface area (Å²) in [6.07, 6.45) is 10.1. The fourth-order valence-corrected chi connectivity index (χ4v) is 4.95. The summed E-state index contributed by atoms with van der Waals surface area (Å²) in [4.78, 5) is 34.0. The molecule has 1 fully saturated rings. The minimum Gasteiger partial charge on any atom is -0.480 e. The summed E-state index contributed by atoms with van der Waals surface area (Å²) in [5.74, 6) is -0.401. The van der Waals surface area contributed by atoms with Gasteiger partial charge in [0.15, 0.2) is 0 Å². The van der Waals surface area contributed by atoms with Crippen molar-refractivity contribution >= 4 is 39.4 Å². The monoisotopic (exact) mass is 390 g/mol. The minimum atomic E-state index is -1.04. The van der Waals surface area contributed by atoms with Gasteiger partial charge in [-0.15, -0.1) is 0 Å². The zero-order valence-electron chi connectivity index (χ0n) is 14.9. The summed E-state index contributed by atoms with van der Waals surface area (Å²) in [6.45, 7) is 1.30. The van der Waals surface area contributed by atoms with Gasteiger partial charge in [0.25, 0.3) is 0 Å². The van der Waals surface area contributed by atoms with E-state index in [1.54, 1.807) is 0 Å². The second-order valence-electron chi connectivity index (χ2n) is 6.41. The van der Waals surface area contributed by atoms with Gasteiger partial charge in [-0.1, -0.05) is 60.1 Å². The van der Waals surface area contributed by atoms with Gasteiger partial charge < -0.3 is 15.7 Å². The lowest BCUT2D eigenvalue weighted by atomic mass is 10.1. The second-order valence-corrected chi connectivity index (χ2v) is 9.04. The maximum absolute atomic E-state index is 12.1. The van der Waals surface area contributed by atoms with E-state index >= 15 is 0 Å². The fourth-order valence-electron chi connectivity index (χ4n) is 2.81. The Balaban J connectivity index is 2.16. The van der Waals surface area contributed by atoms with E-state index in [9.17, 15) is 14.4 Å². The van der Waals surface area contributed by atoms with Crippen LogP contribution in [0, 0.1) is 0 Å². The first-order chi connectivity index (χ1) is 12.0. The number of nitrogens with one attached hydrogen (secondary N) is 2. The van der Waals surface area contributed by atoms with Crippen LogP contribution in [0.4, 0.5) is 0 Å². The van der Waals surface area contributed by atoms with Crippen LogP contribution in [0.25, 0.3) is 0 Å². The van der Waals surface area contributed by atoms with E-state index < -0.39 is 12.0 Å². The standard InChI is InChI=1S/C17H30N2O4S2/c1-13(20)18-15(17(22)23)12-25-24-11-10-16(21)19-14-8-6-4-2-3-5-7-9-14/h14-15H,2-12H2,1H3,(H,18,20)(H,19,21)(H,22,23). The summed E-state index contributed by atoms with van der Waals surface area (Å²) in [5, 5.41) is 14.6. The van der Waals surface area contributed by atoms with Crippen molar-refractivity contribution in [2.24, 2.45) is 0 Å². The number of amides is 2. The van der Waals surface area contributed by atoms with E-state index in [1.165, 1.54) is 67.0 Å². The molecule has 3 N–H and O–H groups in total. The largest absolute Gasteiger partial charge is 0.480 e. The molecule has 0 aliphatic heterocycles. The molecular weight excluding hydrogens is 360 g/mol. The van der Waals surface area contributed by atoms with E-state index in [1.807, 2.05) is 0 Å². The van der Waals surface area contributed by atoms with E-state index in [4.69, 9.17) is 5.11 Å². The molecule has 1 rings (SSSR count). The van der Waals surface area contributed by atoms with Crippen LogP contribution in [0.1, 0.15) is 64.7 Å². The predicted octanol–water partition coefficient (Wildman–Crippen LogP) is 2.97. The van der Waals surface area contributed by atoms with Crippen molar-refractivity contribution in [3.63, 3.8) is 0 Å². The topological polar surface area (TPSA) is 95.5 Å². The molecule has 1 saturated carbocycles. The molecule has 0 saturated heterocycles. The number of hydrogen-bond acceptors (Lipinski definition) is 5. The molecule has 2 amide bonds. The Morgan fingerprint density at radius 1 is 1.04 bits per heavy atom. The van der Waals surface area contributed by atoms with Crippen molar-refractivity contribution in [2.45, 2.75) is 76.8 Å². The summed E-state index contributed by atoms with van der Waals surface area (Å²) >= 11 is 0. The number of rotatable bonds is 9. The van der Waals surface area contributed by atoms with Crippen molar-refractivity contribution in [3.8, 4) is 0 Å². The lowest BCUT2D eigenvalue weighted by molar-refractivity contribution is -0.140. The van der Waals surface area contributed by atoms with Gasteiger partial charge in [0.2, 0.25) is 11.8 Å². The molecule has 0 aromatic heterocycles. The molecule has 8 heteroatoms. The van der Waals surface area contributed by atoms with Crippen LogP contribution < -0.4 is 10.6 Å². The molecule has 25 heavy (non-hydrogen) atoms. The summed E-state index contributed by atoms with van der Waals surface area (Å²) < 4.78 is 0. The Morgan fingerprint density at radius 2 is 1.64 bits per heavy atom. The number of carboxylic acids is 1. The van der Waals surface area contributed by atoms with E-state index in [0.29, 0.717) is 18.2 Å². The van der Waals surface area contributed by atoms with Gasteiger partial charge in [-0.05, 0) is 12.8 Å². The third-order valence-corrected chi connectivity index (χ3v) is 6.54.